The Balaban J connectivity index is 1.15. The summed E-state index contributed by atoms with van der Waals surface area (Å²) in [7, 11) is -19.5. The fraction of sp³-hybridized carbons (Fsp3) is 0. The highest BCUT2D eigenvalue weighted by Gasteiger charge is 2.30. The number of hydrogen-bond acceptors (Lipinski definition) is 21. The predicted molar refractivity (Wildman–Crippen MR) is 259 cm³/mol. The van der Waals surface area contributed by atoms with Crippen molar-refractivity contribution in [2.45, 2.75) is 19.6 Å². The van der Waals surface area contributed by atoms with Crippen LogP contribution in [0.3, 0.4) is 0 Å². The van der Waals surface area contributed by atoms with Crippen molar-refractivity contribution in [3.05, 3.63) is 137 Å². The lowest BCUT2D eigenvalue weighted by atomic mass is 9.93. The Hall–Kier alpha value is -8.62. The molecule has 0 spiro atoms. The first-order valence-electron chi connectivity index (χ1n) is 19.7. The molecule has 0 saturated heterocycles. The van der Waals surface area contributed by atoms with Crippen LogP contribution in [-0.4, -0.2) is 68.3 Å². The molecule has 0 amide bonds. The fourth-order valence-electron chi connectivity index (χ4n) is 7.11. The standard InChI is InChI=1S/C42H29N11O15S4/c43-28-19-29(44)38(53(55)56)20-36(28)51-49-34-14-16-39(71(63,64)65)26-8-9-35(42(54)41(26)34)50-48-33-13-12-32(25-7-5-21(17-27(25)33)69(57,58)59)46-45-30-10-11-31(24-4-2-1-3-23(24)30)47-52-37-18-22(70(60,61)62)6-15-40(37)72(66,67)68/h1-20,48H,43-44H2,(H,57,58,59)(H,60,61,62)(H,63,64,65)(H,66,67,68). The largest absolute Gasteiger partial charge is 0.397 e. The summed E-state index contributed by atoms with van der Waals surface area (Å²) in [6.45, 7) is 0. The molecule has 0 bridgehead atoms. The van der Waals surface area contributed by atoms with Crippen molar-refractivity contribution < 1.29 is 61.6 Å². The molecule has 0 aromatic heterocycles. The summed E-state index contributed by atoms with van der Waals surface area (Å²) < 4.78 is 136. The Labute approximate surface area is 405 Å². The maximum absolute atomic E-state index is 14.1. The van der Waals surface area contributed by atoms with E-state index in [0.29, 0.717) is 16.8 Å². The first-order valence-corrected chi connectivity index (χ1v) is 25.5. The number of rotatable bonds is 13. The minimum absolute atomic E-state index is 0.0420. The molecular formula is C42H29N11O15S4. The second-order valence-corrected chi connectivity index (χ2v) is 20.6. The first-order chi connectivity index (χ1) is 33.8. The normalized spacial score (nSPS) is 14.1. The SMILES string of the molecule is Nc1cc(N)c([N+](=O)[O-])cc1N=Nc1ccc(S(=O)(=O)O)c2c1C(=O)C(=NNc1ccc(N=Nc3ccc(N=Nc4cc(S(=O)(=O)O)ccc4S(=O)(=O)O)c4ccccc34)c3ccc(S(=O)(=O)O)cc13)C=C2. The number of nitro groups is 1. The van der Waals surface area contributed by atoms with E-state index in [4.69, 9.17) is 11.5 Å². The number of nitrogens with two attached hydrogens (primary N) is 2. The fourth-order valence-corrected chi connectivity index (χ4v) is 9.41. The average molecular weight is 1060 g/mol. The minimum atomic E-state index is -4.93. The number of benzene rings is 7. The zero-order chi connectivity index (χ0) is 52.1. The summed E-state index contributed by atoms with van der Waals surface area (Å²) in [6.07, 6.45) is 2.25. The summed E-state index contributed by atoms with van der Waals surface area (Å²) in [5.41, 5.74) is 11.7. The zero-order valence-corrected chi connectivity index (χ0v) is 39.0. The monoisotopic (exact) mass is 1060 g/mol. The number of carbonyl (C=O) groups excluding carboxylic acids is 1. The molecule has 9 N–H and O–H groups in total. The lowest BCUT2D eigenvalue weighted by Crippen LogP contribution is -2.20. The van der Waals surface area contributed by atoms with Gasteiger partial charge in [-0.2, -0.15) is 38.8 Å². The molecular weight excluding hydrogens is 1030 g/mol. The molecule has 7 aromatic carbocycles. The van der Waals surface area contributed by atoms with Gasteiger partial charge in [-0.3, -0.25) is 38.5 Å². The summed E-state index contributed by atoms with van der Waals surface area (Å²) in [5, 5.41) is 41.4. The van der Waals surface area contributed by atoms with Crippen LogP contribution in [0.25, 0.3) is 27.6 Å². The summed E-state index contributed by atoms with van der Waals surface area (Å²) >= 11 is 0. The van der Waals surface area contributed by atoms with E-state index in [1.165, 1.54) is 30.3 Å². The third-order valence-corrected chi connectivity index (χ3v) is 14.0. The highest BCUT2D eigenvalue weighted by atomic mass is 32.2. The number of Topliss-reactive ketones (excluding diaryl/α,β-unsaturated/α-hetero) is 1. The van der Waals surface area contributed by atoms with Gasteiger partial charge in [-0.15, -0.1) is 30.7 Å². The smallest absolute Gasteiger partial charge is 0.296 e. The van der Waals surface area contributed by atoms with E-state index < -0.39 is 87.7 Å². The Bertz CT molecular complexity index is 4170. The second kappa shape index (κ2) is 18.6. The van der Waals surface area contributed by atoms with Crippen molar-refractivity contribution in [3.8, 4) is 0 Å². The van der Waals surface area contributed by atoms with Gasteiger partial charge in [0.25, 0.3) is 46.2 Å². The molecule has 0 atom stereocenters. The topological polar surface area (TPSA) is 428 Å². The van der Waals surface area contributed by atoms with Crippen molar-refractivity contribution in [3.63, 3.8) is 0 Å². The third kappa shape index (κ3) is 10.2. The highest BCUT2D eigenvalue weighted by Crippen LogP contribution is 2.41. The summed E-state index contributed by atoms with van der Waals surface area (Å²) in [5.74, 6) is -0.960. The van der Waals surface area contributed by atoms with Crippen LogP contribution in [0.2, 0.25) is 0 Å². The maximum Gasteiger partial charge on any atom is 0.296 e. The van der Waals surface area contributed by atoms with E-state index in [1.54, 1.807) is 24.3 Å². The number of hydrogen-bond donors (Lipinski definition) is 7. The molecule has 1 aliphatic rings. The number of hydrazone groups is 1. The van der Waals surface area contributed by atoms with E-state index in [1.807, 2.05) is 0 Å². The number of anilines is 3. The Morgan fingerprint density at radius 3 is 1.58 bits per heavy atom. The van der Waals surface area contributed by atoms with E-state index >= 15 is 0 Å². The van der Waals surface area contributed by atoms with Crippen LogP contribution in [0, 0.1) is 10.1 Å². The molecule has 72 heavy (non-hydrogen) atoms. The molecule has 0 aliphatic heterocycles. The maximum atomic E-state index is 14.1. The molecule has 26 nitrogen and oxygen atoms in total. The van der Waals surface area contributed by atoms with E-state index in [0.717, 1.165) is 60.7 Å². The summed E-state index contributed by atoms with van der Waals surface area (Å²) in [4.78, 5) is 22.0. The number of fused-ring (bicyclic) bond motifs is 3. The third-order valence-electron chi connectivity index (χ3n) is 10.4. The molecule has 1 aliphatic carbocycles. The van der Waals surface area contributed by atoms with Gasteiger partial charge in [0.05, 0.1) is 54.4 Å². The number of carbonyl (C=O) groups is 1. The van der Waals surface area contributed by atoms with Crippen LogP contribution >= 0.6 is 0 Å². The second-order valence-electron chi connectivity index (χ2n) is 15.0. The van der Waals surface area contributed by atoms with Gasteiger partial charge < -0.3 is 11.5 Å². The number of nitrogen functional groups attached to an aromatic ring is 2. The van der Waals surface area contributed by atoms with E-state index in [9.17, 15) is 66.8 Å². The molecule has 0 fully saturated rings. The van der Waals surface area contributed by atoms with Crippen molar-refractivity contribution in [1.29, 1.82) is 0 Å². The summed E-state index contributed by atoms with van der Waals surface area (Å²) in [6, 6.07) is 21.9. The van der Waals surface area contributed by atoms with Crippen molar-refractivity contribution in [2.75, 3.05) is 16.9 Å². The van der Waals surface area contributed by atoms with Gasteiger partial charge in [-0.1, -0.05) is 36.4 Å². The van der Waals surface area contributed by atoms with Gasteiger partial charge in [0.15, 0.2) is 0 Å². The Morgan fingerprint density at radius 1 is 0.500 bits per heavy atom. The van der Waals surface area contributed by atoms with Gasteiger partial charge in [-0.25, -0.2) is 0 Å². The number of azo groups is 3. The first kappa shape index (κ1) is 49.8. The van der Waals surface area contributed by atoms with Crippen molar-refractivity contribution in [1.82, 2.24) is 0 Å². The van der Waals surface area contributed by atoms with E-state index in [2.05, 4.69) is 41.2 Å². The highest BCUT2D eigenvalue weighted by molar-refractivity contribution is 7.86. The average Bonchev–Trinajstić information content (AvgIpc) is 3.30. The number of nitro benzene ring substituents is 1. The predicted octanol–water partition coefficient (Wildman–Crippen LogP) is 8.98. The minimum Gasteiger partial charge on any atom is -0.397 e. The molecule has 0 heterocycles. The van der Waals surface area contributed by atoms with Crippen molar-refractivity contribution in [2.24, 2.45) is 35.8 Å². The van der Waals surface area contributed by atoms with E-state index in [-0.39, 0.29) is 67.5 Å². The van der Waals surface area contributed by atoms with Gasteiger partial charge in [0, 0.05) is 33.2 Å². The molecule has 366 valence electrons. The lowest BCUT2D eigenvalue weighted by Gasteiger charge is -2.16. The number of ketones is 1. The molecule has 8 rings (SSSR count). The molecule has 0 saturated carbocycles. The number of nitrogens with zero attached hydrogens (tertiary/aromatic N) is 8. The number of nitrogens with one attached hydrogen (secondary N) is 1. The molecule has 0 unspecified atom stereocenters. The quantitative estimate of drug-likeness (QED) is 0.0186. The molecule has 0 radical (unpaired) electrons. The van der Waals surface area contributed by atoms with Crippen LogP contribution in [0.15, 0.2) is 171 Å². The van der Waals surface area contributed by atoms with Gasteiger partial charge in [0.1, 0.15) is 32.6 Å². The van der Waals surface area contributed by atoms with Crippen LogP contribution < -0.4 is 16.9 Å². The molecule has 7 aromatic rings. The molecule has 30 heteroatoms. The van der Waals surface area contributed by atoms with Gasteiger partial charge in [-0.05, 0) is 78.9 Å². The Kier molecular flexibility index (Phi) is 12.9. The van der Waals surface area contributed by atoms with Crippen LogP contribution in [-0.2, 0) is 40.5 Å². The zero-order valence-electron chi connectivity index (χ0n) is 35.7. The number of allylic oxidation sites excluding steroid dienone is 1. The van der Waals surface area contributed by atoms with Crippen LogP contribution in [0.5, 0.6) is 0 Å². The van der Waals surface area contributed by atoms with Crippen molar-refractivity contribution >= 4 is 136 Å². The van der Waals surface area contributed by atoms with Crippen LogP contribution in [0.4, 0.5) is 56.9 Å². The van der Waals surface area contributed by atoms with Gasteiger partial charge >= 0.3 is 0 Å². The van der Waals surface area contributed by atoms with Crippen LogP contribution in [0.1, 0.15) is 15.9 Å². The lowest BCUT2D eigenvalue weighted by molar-refractivity contribution is -0.383. The van der Waals surface area contributed by atoms with Gasteiger partial charge in [0.2, 0.25) is 5.78 Å². The Morgan fingerprint density at radius 2 is 1.00 bits per heavy atom.